The fourth-order valence-corrected chi connectivity index (χ4v) is 1.29. The smallest absolute Gasteiger partial charge is 0.268 e. The molecule has 0 bridgehead atoms. The molecule has 1 aromatic rings. The van der Waals surface area contributed by atoms with Crippen LogP contribution in [0.1, 0.15) is 13.8 Å². The van der Waals surface area contributed by atoms with Crippen LogP contribution >= 0.6 is 0 Å². The Morgan fingerprint density at radius 1 is 1.43 bits per heavy atom. The van der Waals surface area contributed by atoms with E-state index in [2.05, 4.69) is 5.32 Å². The second-order valence-corrected chi connectivity index (χ2v) is 3.75. The lowest BCUT2D eigenvalue weighted by atomic mass is 10.1. The quantitative estimate of drug-likeness (QED) is 0.614. The minimum atomic E-state index is -0.888. The Balaban J connectivity index is 2.46. The van der Waals surface area contributed by atoms with E-state index in [0.29, 0.717) is 11.4 Å². The van der Waals surface area contributed by atoms with Gasteiger partial charge in [-0.05, 0) is 26.0 Å². The highest BCUT2D eigenvalue weighted by atomic mass is 16.5. The summed E-state index contributed by atoms with van der Waals surface area (Å²) in [5.74, 6) is 0.431. The van der Waals surface area contributed by atoms with E-state index in [4.69, 9.17) is 4.74 Å². The van der Waals surface area contributed by atoms with Crippen LogP contribution in [0, 0.1) is 0 Å². The van der Waals surface area contributed by atoms with E-state index < -0.39 is 5.60 Å². The number of phenols is 1. The number of benzene rings is 1. The first-order chi connectivity index (χ1) is 6.49. The molecule has 14 heavy (non-hydrogen) atoms. The van der Waals surface area contributed by atoms with Crippen LogP contribution in [0.5, 0.6) is 11.5 Å². The molecule has 0 spiro atoms. The van der Waals surface area contributed by atoms with Crippen LogP contribution in [0.25, 0.3) is 0 Å². The summed E-state index contributed by atoms with van der Waals surface area (Å²) < 4.78 is 5.44. The summed E-state index contributed by atoms with van der Waals surface area (Å²) in [5.41, 5.74) is -0.298. The van der Waals surface area contributed by atoms with Crippen LogP contribution in [0.2, 0.25) is 0 Å². The molecule has 1 amide bonds. The summed E-state index contributed by atoms with van der Waals surface area (Å²) in [5, 5.41) is 11.9. The Kier molecular flexibility index (Phi) is 1.67. The van der Waals surface area contributed by atoms with Crippen molar-refractivity contribution in [1.29, 1.82) is 0 Å². The standard InChI is InChI=1S/C10H11NO3/c1-10(2)9(13)11-7-4-3-6(12)5-8(7)14-10/h3-5,12H,1-2H3,(H,11,13). The number of rotatable bonds is 0. The Hall–Kier alpha value is -1.71. The molecule has 1 aliphatic heterocycles. The van der Waals surface area contributed by atoms with Crippen molar-refractivity contribution in [2.45, 2.75) is 19.4 Å². The minimum absolute atomic E-state index is 0.121. The summed E-state index contributed by atoms with van der Waals surface area (Å²) >= 11 is 0. The second-order valence-electron chi connectivity index (χ2n) is 3.75. The van der Waals surface area contributed by atoms with Crippen molar-refractivity contribution in [2.24, 2.45) is 0 Å². The Labute approximate surface area is 81.5 Å². The van der Waals surface area contributed by atoms with Gasteiger partial charge in [0.15, 0.2) is 5.60 Å². The molecule has 1 heterocycles. The third-order valence-electron chi connectivity index (χ3n) is 2.13. The van der Waals surface area contributed by atoms with Gasteiger partial charge < -0.3 is 15.2 Å². The molecule has 0 saturated carbocycles. The minimum Gasteiger partial charge on any atom is -0.508 e. The molecule has 0 fully saturated rings. The molecule has 0 atom stereocenters. The van der Waals surface area contributed by atoms with Gasteiger partial charge in [0.1, 0.15) is 11.5 Å². The zero-order valence-corrected chi connectivity index (χ0v) is 8.00. The van der Waals surface area contributed by atoms with Gasteiger partial charge in [0, 0.05) is 6.07 Å². The number of fused-ring (bicyclic) bond motifs is 1. The van der Waals surface area contributed by atoms with Gasteiger partial charge in [-0.1, -0.05) is 0 Å². The van der Waals surface area contributed by atoms with Crippen LogP contribution in [0.3, 0.4) is 0 Å². The molecule has 0 saturated heterocycles. The summed E-state index contributed by atoms with van der Waals surface area (Å²) in [6, 6.07) is 4.59. The summed E-state index contributed by atoms with van der Waals surface area (Å²) in [6.07, 6.45) is 0. The molecule has 0 aliphatic carbocycles. The monoisotopic (exact) mass is 193 g/mol. The topological polar surface area (TPSA) is 58.6 Å². The van der Waals surface area contributed by atoms with Crippen LogP contribution in [-0.4, -0.2) is 16.6 Å². The number of nitrogens with one attached hydrogen (secondary N) is 1. The van der Waals surface area contributed by atoms with E-state index in [-0.39, 0.29) is 11.7 Å². The van der Waals surface area contributed by atoms with Crippen LogP contribution in [-0.2, 0) is 4.79 Å². The maximum Gasteiger partial charge on any atom is 0.268 e. The van der Waals surface area contributed by atoms with E-state index in [1.807, 2.05) is 0 Å². The predicted octanol–water partition coefficient (Wildman–Crippen LogP) is 1.50. The predicted molar refractivity (Wildman–Crippen MR) is 51.4 cm³/mol. The number of carbonyl (C=O) groups excluding carboxylic acids is 1. The summed E-state index contributed by atoms with van der Waals surface area (Å²) in [7, 11) is 0. The first kappa shape index (κ1) is 8.87. The first-order valence-corrected chi connectivity index (χ1v) is 4.32. The normalized spacial score (nSPS) is 18.0. The molecule has 4 nitrogen and oxygen atoms in total. The highest BCUT2D eigenvalue weighted by Crippen LogP contribution is 2.35. The number of hydrogen-bond donors (Lipinski definition) is 2. The van der Waals surface area contributed by atoms with Gasteiger partial charge in [0.25, 0.3) is 5.91 Å². The summed E-state index contributed by atoms with van der Waals surface area (Å²) in [4.78, 5) is 11.5. The van der Waals surface area contributed by atoms with Crippen molar-refractivity contribution in [3.05, 3.63) is 18.2 Å². The molecule has 2 N–H and O–H groups in total. The van der Waals surface area contributed by atoms with Gasteiger partial charge in [-0.2, -0.15) is 0 Å². The van der Waals surface area contributed by atoms with Crippen molar-refractivity contribution < 1.29 is 14.6 Å². The number of ether oxygens (including phenoxy) is 1. The van der Waals surface area contributed by atoms with E-state index in [9.17, 15) is 9.90 Å². The fraction of sp³-hybridized carbons (Fsp3) is 0.300. The van der Waals surface area contributed by atoms with Crippen LogP contribution in [0.4, 0.5) is 5.69 Å². The number of amides is 1. The highest BCUT2D eigenvalue weighted by molar-refractivity contribution is 6.00. The number of phenolic OH excluding ortho intramolecular Hbond substituents is 1. The Morgan fingerprint density at radius 3 is 2.86 bits per heavy atom. The summed E-state index contributed by atoms with van der Waals surface area (Å²) in [6.45, 7) is 3.35. The number of anilines is 1. The average molecular weight is 193 g/mol. The zero-order chi connectivity index (χ0) is 10.3. The molecule has 0 unspecified atom stereocenters. The molecule has 0 aromatic heterocycles. The van der Waals surface area contributed by atoms with Crippen LogP contribution < -0.4 is 10.1 Å². The molecule has 2 rings (SSSR count). The number of carbonyl (C=O) groups is 1. The van der Waals surface area contributed by atoms with E-state index in [1.54, 1.807) is 19.9 Å². The molecular weight excluding hydrogens is 182 g/mol. The molecule has 0 radical (unpaired) electrons. The maximum atomic E-state index is 11.5. The number of aromatic hydroxyl groups is 1. The van der Waals surface area contributed by atoms with E-state index in [1.165, 1.54) is 12.1 Å². The average Bonchev–Trinajstić information content (AvgIpc) is 2.07. The molecule has 1 aliphatic rings. The third kappa shape index (κ3) is 1.28. The van der Waals surface area contributed by atoms with Gasteiger partial charge in [-0.3, -0.25) is 4.79 Å². The largest absolute Gasteiger partial charge is 0.508 e. The van der Waals surface area contributed by atoms with Gasteiger partial charge in [0.05, 0.1) is 5.69 Å². The van der Waals surface area contributed by atoms with Gasteiger partial charge >= 0.3 is 0 Å². The molecular formula is C10H11NO3. The molecule has 74 valence electrons. The van der Waals surface area contributed by atoms with Crippen molar-refractivity contribution in [2.75, 3.05) is 5.32 Å². The van der Waals surface area contributed by atoms with Gasteiger partial charge in [-0.25, -0.2) is 0 Å². The fourth-order valence-electron chi connectivity index (χ4n) is 1.29. The van der Waals surface area contributed by atoms with Gasteiger partial charge in [-0.15, -0.1) is 0 Å². The lowest BCUT2D eigenvalue weighted by molar-refractivity contribution is -0.129. The lowest BCUT2D eigenvalue weighted by Crippen LogP contribution is -2.45. The SMILES string of the molecule is CC1(C)Oc2cc(O)ccc2NC1=O. The van der Waals surface area contributed by atoms with E-state index in [0.717, 1.165) is 0 Å². The van der Waals surface area contributed by atoms with Crippen molar-refractivity contribution >= 4 is 11.6 Å². The van der Waals surface area contributed by atoms with Crippen molar-refractivity contribution in [3.63, 3.8) is 0 Å². The lowest BCUT2D eigenvalue weighted by Gasteiger charge is -2.31. The maximum absolute atomic E-state index is 11.5. The van der Waals surface area contributed by atoms with Crippen LogP contribution in [0.15, 0.2) is 18.2 Å². The molecule has 1 aromatic carbocycles. The molecule has 4 heteroatoms. The number of hydrogen-bond acceptors (Lipinski definition) is 3. The Bertz CT molecular complexity index is 398. The Morgan fingerprint density at radius 2 is 2.14 bits per heavy atom. The third-order valence-corrected chi connectivity index (χ3v) is 2.13. The van der Waals surface area contributed by atoms with Crippen molar-refractivity contribution in [1.82, 2.24) is 0 Å². The first-order valence-electron chi connectivity index (χ1n) is 4.32. The van der Waals surface area contributed by atoms with Gasteiger partial charge in [0.2, 0.25) is 0 Å². The van der Waals surface area contributed by atoms with E-state index >= 15 is 0 Å². The van der Waals surface area contributed by atoms with Crippen molar-refractivity contribution in [3.8, 4) is 11.5 Å². The second kappa shape index (κ2) is 2.64. The highest BCUT2D eigenvalue weighted by Gasteiger charge is 2.35. The zero-order valence-electron chi connectivity index (χ0n) is 8.00.